The van der Waals surface area contributed by atoms with Crippen molar-refractivity contribution in [3.63, 3.8) is 0 Å². The van der Waals surface area contributed by atoms with Gasteiger partial charge in [0.25, 0.3) is 0 Å². The topological polar surface area (TPSA) is 52.6 Å². The highest BCUT2D eigenvalue weighted by Crippen LogP contribution is 2.30. The Balaban J connectivity index is 4.96. The summed E-state index contributed by atoms with van der Waals surface area (Å²) in [5.41, 5.74) is -1.36. The highest BCUT2D eigenvalue weighted by atomic mass is 16.6. The maximum absolute atomic E-state index is 11.5. The summed E-state index contributed by atoms with van der Waals surface area (Å²) in [4.78, 5) is 23.1. The minimum atomic E-state index is -0.978. The van der Waals surface area contributed by atoms with Crippen molar-refractivity contribution in [2.24, 2.45) is 0 Å². The molecule has 102 valence electrons. The summed E-state index contributed by atoms with van der Waals surface area (Å²) in [7, 11) is 0. The van der Waals surface area contributed by atoms with E-state index in [9.17, 15) is 9.59 Å². The molecule has 0 aromatic carbocycles. The second-order valence-electron chi connectivity index (χ2n) is 5.36. The van der Waals surface area contributed by atoms with Gasteiger partial charge in [-0.25, -0.2) is 9.59 Å². The van der Waals surface area contributed by atoms with Crippen LogP contribution in [0.5, 0.6) is 0 Å². The van der Waals surface area contributed by atoms with Gasteiger partial charge in [0.05, 0.1) is 0 Å². The van der Waals surface area contributed by atoms with Crippen LogP contribution in [0.1, 0.15) is 41.5 Å². The van der Waals surface area contributed by atoms with Gasteiger partial charge in [-0.05, 0) is 41.5 Å². The Kier molecular flexibility index (Phi) is 4.90. The molecule has 0 unspecified atom stereocenters. The number of hydrogen-bond donors (Lipinski definition) is 0. The Morgan fingerprint density at radius 2 is 1.00 bits per heavy atom. The van der Waals surface area contributed by atoms with Crippen LogP contribution < -0.4 is 0 Å². The van der Waals surface area contributed by atoms with Crippen molar-refractivity contribution in [3.05, 3.63) is 24.3 Å². The van der Waals surface area contributed by atoms with Crippen LogP contribution in [0.4, 0.5) is 0 Å². The quantitative estimate of drug-likeness (QED) is 0.559. The predicted molar refractivity (Wildman–Crippen MR) is 70.0 cm³/mol. The van der Waals surface area contributed by atoms with E-state index < -0.39 is 23.1 Å². The summed E-state index contributed by atoms with van der Waals surface area (Å²) in [6.07, 6.45) is 0. The van der Waals surface area contributed by atoms with E-state index in [1.807, 2.05) is 0 Å². The SMILES string of the molecule is C=C(C)C(=O)OC(C)(C)C(C)(C)OC(=O)C(=C)C. The number of carbonyl (C=O) groups excluding carboxylic acids is 2. The third kappa shape index (κ3) is 4.02. The second kappa shape index (κ2) is 5.38. The Bertz CT molecular complexity index is 351. The summed E-state index contributed by atoms with van der Waals surface area (Å²) in [5, 5.41) is 0. The fourth-order valence-corrected chi connectivity index (χ4v) is 0.884. The lowest BCUT2D eigenvalue weighted by Crippen LogP contribution is -2.51. The summed E-state index contributed by atoms with van der Waals surface area (Å²) < 4.78 is 10.6. The average molecular weight is 254 g/mol. The molecule has 0 aliphatic heterocycles. The fraction of sp³-hybridized carbons (Fsp3) is 0.571. The Labute approximate surface area is 109 Å². The second-order valence-corrected chi connectivity index (χ2v) is 5.36. The van der Waals surface area contributed by atoms with Gasteiger partial charge in [0.1, 0.15) is 11.2 Å². The van der Waals surface area contributed by atoms with Crippen LogP contribution in [0.15, 0.2) is 24.3 Å². The van der Waals surface area contributed by atoms with Crippen LogP contribution in [0.2, 0.25) is 0 Å². The molecule has 0 saturated carbocycles. The summed E-state index contributed by atoms with van der Waals surface area (Å²) in [5.74, 6) is -1.03. The predicted octanol–water partition coefficient (Wildman–Crippen LogP) is 2.78. The summed E-state index contributed by atoms with van der Waals surface area (Å²) in [6, 6.07) is 0. The maximum atomic E-state index is 11.5. The molecule has 0 aromatic rings. The zero-order chi connectivity index (χ0) is 14.7. The normalized spacial score (nSPS) is 11.7. The molecule has 0 radical (unpaired) electrons. The van der Waals surface area contributed by atoms with Crippen LogP contribution in [0.3, 0.4) is 0 Å². The van der Waals surface area contributed by atoms with Gasteiger partial charge in [0.2, 0.25) is 0 Å². The highest BCUT2D eigenvalue weighted by molar-refractivity contribution is 5.88. The van der Waals surface area contributed by atoms with Gasteiger partial charge in [-0.1, -0.05) is 13.2 Å². The Morgan fingerprint density at radius 3 is 1.17 bits per heavy atom. The number of carbonyl (C=O) groups is 2. The minimum Gasteiger partial charge on any atom is -0.452 e. The highest BCUT2D eigenvalue weighted by Gasteiger charge is 2.44. The Hall–Kier alpha value is -1.58. The van der Waals surface area contributed by atoms with Gasteiger partial charge in [0, 0.05) is 11.1 Å². The molecule has 0 amide bonds. The Morgan fingerprint density at radius 1 is 0.778 bits per heavy atom. The molecule has 0 atom stereocenters. The molecule has 18 heavy (non-hydrogen) atoms. The molecule has 4 nitrogen and oxygen atoms in total. The average Bonchev–Trinajstić information content (AvgIpc) is 2.15. The minimum absolute atomic E-state index is 0.296. The van der Waals surface area contributed by atoms with Crippen LogP contribution in [0.25, 0.3) is 0 Å². The molecule has 0 aliphatic rings. The zero-order valence-electron chi connectivity index (χ0n) is 12.0. The molecule has 0 aromatic heterocycles. The first-order valence-corrected chi connectivity index (χ1v) is 5.68. The van der Waals surface area contributed by atoms with Gasteiger partial charge < -0.3 is 9.47 Å². The molecule has 0 spiro atoms. The molecular weight excluding hydrogens is 232 g/mol. The lowest BCUT2D eigenvalue weighted by molar-refractivity contribution is -0.193. The monoisotopic (exact) mass is 254 g/mol. The van der Waals surface area contributed by atoms with Crippen LogP contribution >= 0.6 is 0 Å². The molecule has 4 heteroatoms. The zero-order valence-corrected chi connectivity index (χ0v) is 12.0. The number of esters is 2. The van der Waals surface area contributed by atoms with Crippen molar-refractivity contribution in [2.45, 2.75) is 52.7 Å². The van der Waals surface area contributed by atoms with Gasteiger partial charge in [-0.2, -0.15) is 0 Å². The van der Waals surface area contributed by atoms with Crippen molar-refractivity contribution in [2.75, 3.05) is 0 Å². The van der Waals surface area contributed by atoms with Crippen LogP contribution in [-0.4, -0.2) is 23.1 Å². The molecule has 0 fully saturated rings. The summed E-state index contributed by atoms with van der Waals surface area (Å²) in [6.45, 7) is 16.9. The van der Waals surface area contributed by atoms with Crippen LogP contribution in [0, 0.1) is 0 Å². The van der Waals surface area contributed by atoms with E-state index in [1.54, 1.807) is 41.5 Å². The number of rotatable bonds is 5. The van der Waals surface area contributed by atoms with Crippen molar-refractivity contribution >= 4 is 11.9 Å². The maximum Gasteiger partial charge on any atom is 0.333 e. The van der Waals surface area contributed by atoms with Gasteiger partial charge in [-0.3, -0.25) is 0 Å². The molecule has 0 heterocycles. The van der Waals surface area contributed by atoms with E-state index in [4.69, 9.17) is 9.47 Å². The van der Waals surface area contributed by atoms with E-state index in [-0.39, 0.29) is 0 Å². The largest absolute Gasteiger partial charge is 0.452 e. The lowest BCUT2D eigenvalue weighted by atomic mass is 9.89. The first kappa shape index (κ1) is 16.4. The standard InChI is InChI=1S/C14H22O4/c1-9(2)11(15)17-13(5,6)14(7,8)18-12(16)10(3)4/h1,3H2,2,4-8H3. The molecule has 0 bridgehead atoms. The van der Waals surface area contributed by atoms with Crippen molar-refractivity contribution in [3.8, 4) is 0 Å². The first-order chi connectivity index (χ1) is 7.90. The number of ether oxygens (including phenoxy) is 2. The molecule has 0 rings (SSSR count). The van der Waals surface area contributed by atoms with E-state index in [0.29, 0.717) is 11.1 Å². The molecule has 0 N–H and O–H groups in total. The summed E-state index contributed by atoms with van der Waals surface area (Å²) >= 11 is 0. The number of hydrogen-bond acceptors (Lipinski definition) is 4. The fourth-order valence-electron chi connectivity index (χ4n) is 0.884. The van der Waals surface area contributed by atoms with Crippen molar-refractivity contribution < 1.29 is 19.1 Å². The smallest absolute Gasteiger partial charge is 0.333 e. The van der Waals surface area contributed by atoms with E-state index in [2.05, 4.69) is 13.2 Å². The third-order valence-corrected chi connectivity index (χ3v) is 2.84. The van der Waals surface area contributed by atoms with E-state index in [1.165, 1.54) is 0 Å². The molecule has 0 saturated heterocycles. The lowest BCUT2D eigenvalue weighted by Gasteiger charge is -2.40. The van der Waals surface area contributed by atoms with Gasteiger partial charge >= 0.3 is 11.9 Å². The van der Waals surface area contributed by atoms with Gasteiger partial charge in [0.15, 0.2) is 0 Å². The van der Waals surface area contributed by atoms with Crippen LogP contribution in [-0.2, 0) is 19.1 Å². The first-order valence-electron chi connectivity index (χ1n) is 5.68. The van der Waals surface area contributed by atoms with Crippen molar-refractivity contribution in [1.82, 2.24) is 0 Å². The van der Waals surface area contributed by atoms with E-state index >= 15 is 0 Å². The molecular formula is C14H22O4. The van der Waals surface area contributed by atoms with Crippen molar-refractivity contribution in [1.29, 1.82) is 0 Å². The third-order valence-electron chi connectivity index (χ3n) is 2.84. The molecule has 0 aliphatic carbocycles. The van der Waals surface area contributed by atoms with E-state index in [0.717, 1.165) is 0 Å². The van der Waals surface area contributed by atoms with Gasteiger partial charge in [-0.15, -0.1) is 0 Å².